The molecule has 0 aliphatic rings. The number of amides is 1. The van der Waals surface area contributed by atoms with E-state index >= 15 is 0 Å². The van der Waals surface area contributed by atoms with Gasteiger partial charge in [-0.25, -0.2) is 9.67 Å². The predicted molar refractivity (Wildman–Crippen MR) is 100 cm³/mol. The third-order valence-electron chi connectivity index (χ3n) is 4.08. The fourth-order valence-corrected chi connectivity index (χ4v) is 3.07. The van der Waals surface area contributed by atoms with Crippen LogP contribution in [-0.4, -0.2) is 26.9 Å². The van der Waals surface area contributed by atoms with Crippen LogP contribution in [0.4, 0.5) is 0 Å². The highest BCUT2D eigenvalue weighted by atomic mass is 32.2. The van der Waals surface area contributed by atoms with E-state index in [1.807, 2.05) is 62.6 Å². The molecule has 0 aliphatic heterocycles. The second kappa shape index (κ2) is 7.53. The van der Waals surface area contributed by atoms with Gasteiger partial charge in [-0.1, -0.05) is 6.07 Å². The number of thioether (sulfide) groups is 1. The molecule has 128 valence electrons. The van der Waals surface area contributed by atoms with Gasteiger partial charge >= 0.3 is 0 Å². The van der Waals surface area contributed by atoms with Crippen molar-refractivity contribution in [1.82, 2.24) is 20.1 Å². The highest BCUT2D eigenvalue weighted by molar-refractivity contribution is 7.98. The molecule has 0 bridgehead atoms. The predicted octanol–water partition coefficient (Wildman–Crippen LogP) is 3.79. The van der Waals surface area contributed by atoms with Crippen molar-refractivity contribution >= 4 is 17.7 Å². The van der Waals surface area contributed by atoms with Crippen molar-refractivity contribution in [2.75, 3.05) is 6.26 Å². The van der Waals surface area contributed by atoms with Gasteiger partial charge in [-0.2, -0.15) is 5.10 Å². The van der Waals surface area contributed by atoms with Gasteiger partial charge in [-0.3, -0.25) is 4.79 Å². The van der Waals surface area contributed by atoms with E-state index < -0.39 is 0 Å². The van der Waals surface area contributed by atoms with Crippen LogP contribution in [0.3, 0.4) is 0 Å². The lowest BCUT2D eigenvalue weighted by molar-refractivity contribution is 0.0940. The molecule has 2 heterocycles. The maximum absolute atomic E-state index is 12.5. The molecule has 3 rings (SSSR count). The van der Waals surface area contributed by atoms with E-state index in [4.69, 9.17) is 0 Å². The molecule has 1 aromatic carbocycles. The van der Waals surface area contributed by atoms with Crippen LogP contribution in [0.15, 0.2) is 59.8 Å². The molecule has 3 aromatic rings. The zero-order chi connectivity index (χ0) is 17.8. The smallest absolute Gasteiger partial charge is 0.251 e. The van der Waals surface area contributed by atoms with Gasteiger partial charge in [0.25, 0.3) is 5.91 Å². The monoisotopic (exact) mass is 352 g/mol. The van der Waals surface area contributed by atoms with Crippen molar-refractivity contribution in [2.45, 2.75) is 24.8 Å². The van der Waals surface area contributed by atoms with E-state index in [9.17, 15) is 4.79 Å². The Hall–Kier alpha value is -2.60. The summed E-state index contributed by atoms with van der Waals surface area (Å²) >= 11 is 1.65. The highest BCUT2D eigenvalue weighted by Gasteiger charge is 2.17. The van der Waals surface area contributed by atoms with E-state index in [1.54, 1.807) is 28.8 Å². The Bertz CT molecular complexity index is 859. The molecule has 0 spiro atoms. The Kier molecular flexibility index (Phi) is 5.19. The molecular weight excluding hydrogens is 332 g/mol. The van der Waals surface area contributed by atoms with Crippen molar-refractivity contribution in [3.8, 4) is 5.82 Å². The minimum absolute atomic E-state index is 0.0925. The van der Waals surface area contributed by atoms with Gasteiger partial charge in [0.1, 0.15) is 0 Å². The normalized spacial score (nSPS) is 12.0. The van der Waals surface area contributed by atoms with E-state index in [0.29, 0.717) is 5.56 Å². The summed E-state index contributed by atoms with van der Waals surface area (Å²) in [6.07, 6.45) is 5.53. The first-order valence-electron chi connectivity index (χ1n) is 8.01. The minimum Gasteiger partial charge on any atom is -0.345 e. The van der Waals surface area contributed by atoms with E-state index in [-0.39, 0.29) is 11.9 Å². The number of nitrogens with one attached hydrogen (secondary N) is 1. The minimum atomic E-state index is -0.148. The van der Waals surface area contributed by atoms with E-state index in [0.717, 1.165) is 22.0 Å². The topological polar surface area (TPSA) is 59.8 Å². The van der Waals surface area contributed by atoms with Crippen LogP contribution < -0.4 is 5.32 Å². The second-order valence-electron chi connectivity index (χ2n) is 5.71. The number of aromatic nitrogens is 3. The Morgan fingerprint density at radius 1 is 1.20 bits per heavy atom. The molecule has 25 heavy (non-hydrogen) atoms. The third kappa shape index (κ3) is 3.74. The fourth-order valence-electron chi connectivity index (χ4n) is 2.66. The maximum Gasteiger partial charge on any atom is 0.251 e. The fraction of sp³-hybridized carbons (Fsp3) is 0.211. The van der Waals surface area contributed by atoms with Crippen LogP contribution in [0.2, 0.25) is 0 Å². The number of hydrogen-bond donors (Lipinski definition) is 1. The first-order chi connectivity index (χ1) is 12.1. The van der Waals surface area contributed by atoms with Crippen LogP contribution in [0.1, 0.15) is 34.6 Å². The van der Waals surface area contributed by atoms with Gasteiger partial charge in [-0.05, 0) is 56.5 Å². The number of hydrogen-bond acceptors (Lipinski definition) is 4. The van der Waals surface area contributed by atoms with Crippen LogP contribution in [0.25, 0.3) is 5.82 Å². The summed E-state index contributed by atoms with van der Waals surface area (Å²) < 4.78 is 1.78. The number of nitrogens with zero attached hydrogens (tertiary/aromatic N) is 3. The Morgan fingerprint density at radius 3 is 2.60 bits per heavy atom. The van der Waals surface area contributed by atoms with Gasteiger partial charge in [-0.15, -0.1) is 11.8 Å². The average molecular weight is 352 g/mol. The van der Waals surface area contributed by atoms with Gasteiger partial charge in [0.2, 0.25) is 0 Å². The summed E-state index contributed by atoms with van der Waals surface area (Å²) in [6.45, 7) is 3.94. The zero-order valence-corrected chi connectivity index (χ0v) is 15.2. The average Bonchev–Trinajstić information content (AvgIpc) is 3.04. The van der Waals surface area contributed by atoms with Crippen molar-refractivity contribution in [3.63, 3.8) is 0 Å². The van der Waals surface area contributed by atoms with Crippen molar-refractivity contribution in [2.24, 2.45) is 0 Å². The Labute approximate surface area is 151 Å². The molecule has 0 aliphatic carbocycles. The zero-order valence-electron chi connectivity index (χ0n) is 14.4. The molecule has 1 unspecified atom stereocenters. The molecule has 0 fully saturated rings. The van der Waals surface area contributed by atoms with Gasteiger partial charge < -0.3 is 5.32 Å². The number of carbonyl (C=O) groups excluding carboxylic acids is 1. The first kappa shape index (κ1) is 17.2. The van der Waals surface area contributed by atoms with Crippen molar-refractivity contribution < 1.29 is 4.79 Å². The maximum atomic E-state index is 12.5. The third-order valence-corrected chi connectivity index (χ3v) is 4.82. The standard InChI is InChI=1S/C19H20N4OS/c1-13(22-19(24)15-7-9-16(25-3)10-8-15)17-12-21-23(14(17)2)18-6-4-5-11-20-18/h4-13H,1-3H3,(H,22,24). The van der Waals surface area contributed by atoms with Crippen LogP contribution in [0, 0.1) is 6.92 Å². The molecule has 1 atom stereocenters. The largest absolute Gasteiger partial charge is 0.345 e. The number of rotatable bonds is 5. The molecule has 2 aromatic heterocycles. The highest BCUT2D eigenvalue weighted by Crippen LogP contribution is 2.20. The van der Waals surface area contributed by atoms with Crippen LogP contribution in [-0.2, 0) is 0 Å². The summed E-state index contributed by atoms with van der Waals surface area (Å²) in [6, 6.07) is 13.1. The molecule has 0 saturated heterocycles. The van der Waals surface area contributed by atoms with Crippen molar-refractivity contribution in [3.05, 3.63) is 71.7 Å². The number of benzene rings is 1. The Balaban J connectivity index is 1.76. The van der Waals surface area contributed by atoms with Crippen LogP contribution >= 0.6 is 11.8 Å². The van der Waals surface area contributed by atoms with E-state index in [2.05, 4.69) is 15.4 Å². The van der Waals surface area contributed by atoms with Crippen LogP contribution in [0.5, 0.6) is 0 Å². The number of pyridine rings is 1. The summed E-state index contributed by atoms with van der Waals surface area (Å²) in [7, 11) is 0. The lowest BCUT2D eigenvalue weighted by atomic mass is 10.1. The van der Waals surface area contributed by atoms with E-state index in [1.165, 1.54) is 0 Å². The molecule has 0 saturated carbocycles. The summed E-state index contributed by atoms with van der Waals surface area (Å²) in [5.41, 5.74) is 2.59. The summed E-state index contributed by atoms with van der Waals surface area (Å²) in [4.78, 5) is 17.9. The molecule has 6 heteroatoms. The molecule has 1 amide bonds. The molecular formula is C19H20N4OS. The summed E-state index contributed by atoms with van der Waals surface area (Å²) in [5, 5.41) is 7.45. The quantitative estimate of drug-likeness (QED) is 0.710. The van der Waals surface area contributed by atoms with Crippen molar-refractivity contribution in [1.29, 1.82) is 0 Å². The van der Waals surface area contributed by atoms with Gasteiger partial charge in [0, 0.05) is 27.9 Å². The second-order valence-corrected chi connectivity index (χ2v) is 6.59. The van der Waals surface area contributed by atoms with Gasteiger partial charge in [0.05, 0.1) is 12.2 Å². The Morgan fingerprint density at radius 2 is 1.96 bits per heavy atom. The lowest BCUT2D eigenvalue weighted by Crippen LogP contribution is -2.26. The molecule has 0 radical (unpaired) electrons. The summed E-state index contributed by atoms with van der Waals surface area (Å²) in [5.74, 6) is 0.669. The SMILES string of the molecule is CSc1ccc(C(=O)NC(C)c2cnn(-c3ccccn3)c2C)cc1. The first-order valence-corrected chi connectivity index (χ1v) is 9.23. The van der Waals surface area contributed by atoms with Gasteiger partial charge in [0.15, 0.2) is 5.82 Å². The molecule has 5 nitrogen and oxygen atoms in total. The lowest BCUT2D eigenvalue weighted by Gasteiger charge is -2.14. The number of carbonyl (C=O) groups is 1. The molecule has 1 N–H and O–H groups in total.